The van der Waals surface area contributed by atoms with Gasteiger partial charge in [0.1, 0.15) is 0 Å². The van der Waals surface area contributed by atoms with Crippen molar-refractivity contribution in [3.63, 3.8) is 0 Å². The largest absolute Gasteiger partial charge is 0.382 e. The summed E-state index contributed by atoms with van der Waals surface area (Å²) in [6, 6.07) is 7.21. The molecule has 16 heavy (non-hydrogen) atoms. The Balaban J connectivity index is 2.58. The average molecular weight is 240 g/mol. The molecule has 0 aliphatic carbocycles. The molecule has 1 atom stereocenters. The summed E-state index contributed by atoms with van der Waals surface area (Å²) in [6.07, 6.45) is 0.0247. The van der Waals surface area contributed by atoms with Crippen molar-refractivity contribution >= 4 is 11.6 Å². The molecule has 0 N–H and O–H groups in total. The average Bonchev–Trinajstić information content (AvgIpc) is 2.27. The van der Waals surface area contributed by atoms with Crippen LogP contribution in [0.2, 0.25) is 5.02 Å². The summed E-state index contributed by atoms with van der Waals surface area (Å²) in [6.45, 7) is 2.91. The van der Waals surface area contributed by atoms with E-state index in [0.717, 1.165) is 5.56 Å². The van der Waals surface area contributed by atoms with Gasteiger partial charge in [-0.2, -0.15) is 5.26 Å². The van der Waals surface area contributed by atoms with Crippen LogP contribution in [0.15, 0.2) is 18.2 Å². The van der Waals surface area contributed by atoms with Gasteiger partial charge in [0, 0.05) is 12.1 Å². The quantitative estimate of drug-likeness (QED) is 0.794. The van der Waals surface area contributed by atoms with Gasteiger partial charge in [0.15, 0.2) is 0 Å². The van der Waals surface area contributed by atoms with Gasteiger partial charge in [-0.05, 0) is 24.6 Å². The van der Waals surface area contributed by atoms with Gasteiger partial charge in [0.25, 0.3) is 0 Å². The normalized spacial score (nSPS) is 12.1. The number of ether oxygens (including phenoxy) is 2. The third-order valence-corrected chi connectivity index (χ3v) is 2.46. The Kier molecular flexibility index (Phi) is 5.27. The molecule has 0 saturated carbocycles. The molecule has 0 heterocycles. The van der Waals surface area contributed by atoms with Crippen LogP contribution in [-0.4, -0.2) is 19.8 Å². The summed E-state index contributed by atoms with van der Waals surface area (Å²) < 4.78 is 10.5. The predicted molar refractivity (Wildman–Crippen MR) is 62.3 cm³/mol. The van der Waals surface area contributed by atoms with E-state index in [9.17, 15) is 0 Å². The first kappa shape index (κ1) is 13.0. The Morgan fingerprint density at radius 2 is 2.25 bits per heavy atom. The van der Waals surface area contributed by atoms with Gasteiger partial charge in [0.05, 0.1) is 31.0 Å². The molecule has 0 aliphatic rings. The van der Waals surface area contributed by atoms with Crippen molar-refractivity contribution in [1.29, 1.82) is 5.26 Å². The molecule has 0 aliphatic heterocycles. The van der Waals surface area contributed by atoms with Crippen LogP contribution < -0.4 is 0 Å². The minimum absolute atomic E-state index is 0.0247. The lowest BCUT2D eigenvalue weighted by Gasteiger charge is -2.12. The first-order chi connectivity index (χ1) is 7.67. The number of halogens is 1. The Labute approximate surface area is 101 Å². The van der Waals surface area contributed by atoms with Gasteiger partial charge in [-0.25, -0.2) is 0 Å². The second-order valence-electron chi connectivity index (χ2n) is 3.49. The minimum Gasteiger partial charge on any atom is -0.382 e. The number of rotatable bonds is 5. The molecular weight excluding hydrogens is 226 g/mol. The lowest BCUT2D eigenvalue weighted by molar-refractivity contribution is -0.0000957. The highest BCUT2D eigenvalue weighted by atomic mass is 35.5. The van der Waals surface area contributed by atoms with Crippen LogP contribution in [0.25, 0.3) is 0 Å². The summed E-state index contributed by atoms with van der Waals surface area (Å²) in [7, 11) is 1.63. The van der Waals surface area contributed by atoms with Crippen molar-refractivity contribution in [3.8, 4) is 6.07 Å². The zero-order valence-corrected chi connectivity index (χ0v) is 10.1. The molecule has 1 aromatic carbocycles. The Bertz CT molecular complexity index is 387. The zero-order valence-electron chi connectivity index (χ0n) is 9.37. The summed E-state index contributed by atoms with van der Waals surface area (Å²) in [5.74, 6) is 0. The van der Waals surface area contributed by atoms with E-state index in [1.807, 2.05) is 13.0 Å². The van der Waals surface area contributed by atoms with Crippen molar-refractivity contribution in [2.75, 3.05) is 13.7 Å². The first-order valence-corrected chi connectivity index (χ1v) is 5.34. The summed E-state index contributed by atoms with van der Waals surface area (Å²) in [5, 5.41) is 9.24. The van der Waals surface area contributed by atoms with E-state index in [-0.39, 0.29) is 6.10 Å². The van der Waals surface area contributed by atoms with E-state index >= 15 is 0 Å². The smallest absolute Gasteiger partial charge is 0.0992 e. The molecule has 0 fully saturated rings. The topological polar surface area (TPSA) is 42.2 Å². The maximum atomic E-state index is 8.68. The number of methoxy groups -OCH3 is 1. The van der Waals surface area contributed by atoms with Crippen molar-refractivity contribution in [2.45, 2.75) is 19.6 Å². The second kappa shape index (κ2) is 6.49. The lowest BCUT2D eigenvalue weighted by atomic mass is 10.1. The van der Waals surface area contributed by atoms with Crippen molar-refractivity contribution < 1.29 is 9.47 Å². The summed E-state index contributed by atoms with van der Waals surface area (Å²) in [5.41, 5.74) is 1.43. The highest BCUT2D eigenvalue weighted by molar-refractivity contribution is 6.31. The molecule has 0 radical (unpaired) electrons. The van der Waals surface area contributed by atoms with Crippen molar-refractivity contribution in [3.05, 3.63) is 34.3 Å². The van der Waals surface area contributed by atoms with Gasteiger partial charge in [0.2, 0.25) is 0 Å². The van der Waals surface area contributed by atoms with E-state index in [2.05, 4.69) is 0 Å². The predicted octanol–water partition coefficient (Wildman–Crippen LogP) is 2.76. The molecule has 0 spiro atoms. The Hall–Kier alpha value is -1.08. The minimum atomic E-state index is 0.0247. The Morgan fingerprint density at radius 1 is 1.50 bits per heavy atom. The van der Waals surface area contributed by atoms with E-state index < -0.39 is 0 Å². The molecule has 1 unspecified atom stereocenters. The van der Waals surface area contributed by atoms with Crippen molar-refractivity contribution in [1.82, 2.24) is 0 Å². The van der Waals surface area contributed by atoms with Crippen LogP contribution in [0.5, 0.6) is 0 Å². The number of hydrogen-bond donors (Lipinski definition) is 0. The molecule has 0 amide bonds. The van der Waals surface area contributed by atoms with Gasteiger partial charge >= 0.3 is 0 Å². The highest BCUT2D eigenvalue weighted by Crippen LogP contribution is 2.18. The molecule has 0 saturated heterocycles. The fraction of sp³-hybridized carbons (Fsp3) is 0.417. The van der Waals surface area contributed by atoms with E-state index in [1.54, 1.807) is 25.3 Å². The fourth-order valence-corrected chi connectivity index (χ4v) is 1.48. The third-order valence-electron chi connectivity index (χ3n) is 2.11. The van der Waals surface area contributed by atoms with Gasteiger partial charge in [-0.3, -0.25) is 0 Å². The van der Waals surface area contributed by atoms with E-state index in [1.165, 1.54) is 0 Å². The molecule has 3 nitrogen and oxygen atoms in total. The number of nitrogens with zero attached hydrogens (tertiary/aromatic N) is 1. The molecular formula is C12H14ClNO2. The monoisotopic (exact) mass is 239 g/mol. The zero-order chi connectivity index (χ0) is 12.0. The maximum absolute atomic E-state index is 8.68. The standard InChI is InChI=1S/C12H14ClNO2/c1-9(7-15-2)16-8-11-4-3-10(6-14)5-12(11)13/h3-5,9H,7-8H2,1-2H3. The molecule has 4 heteroatoms. The van der Waals surface area contributed by atoms with Crippen LogP contribution in [0.3, 0.4) is 0 Å². The maximum Gasteiger partial charge on any atom is 0.0992 e. The van der Waals surface area contributed by atoms with Gasteiger partial charge in [-0.1, -0.05) is 17.7 Å². The summed E-state index contributed by atoms with van der Waals surface area (Å²) >= 11 is 6.01. The molecule has 1 rings (SSSR count). The van der Waals surface area contributed by atoms with Crippen LogP contribution >= 0.6 is 11.6 Å². The van der Waals surface area contributed by atoms with Crippen LogP contribution in [0.4, 0.5) is 0 Å². The third kappa shape index (κ3) is 3.82. The SMILES string of the molecule is COCC(C)OCc1ccc(C#N)cc1Cl. The van der Waals surface area contributed by atoms with Crippen LogP contribution in [-0.2, 0) is 16.1 Å². The number of nitriles is 1. The van der Waals surface area contributed by atoms with Crippen molar-refractivity contribution in [2.24, 2.45) is 0 Å². The number of hydrogen-bond acceptors (Lipinski definition) is 3. The van der Waals surface area contributed by atoms with Gasteiger partial charge < -0.3 is 9.47 Å². The van der Waals surface area contributed by atoms with Crippen LogP contribution in [0, 0.1) is 11.3 Å². The highest BCUT2D eigenvalue weighted by Gasteiger charge is 2.05. The van der Waals surface area contributed by atoms with E-state index in [0.29, 0.717) is 23.8 Å². The summed E-state index contributed by atoms with van der Waals surface area (Å²) in [4.78, 5) is 0. The van der Waals surface area contributed by atoms with Crippen LogP contribution in [0.1, 0.15) is 18.1 Å². The molecule has 0 bridgehead atoms. The molecule has 0 aromatic heterocycles. The second-order valence-corrected chi connectivity index (χ2v) is 3.90. The Morgan fingerprint density at radius 3 is 2.81 bits per heavy atom. The molecule has 86 valence electrons. The lowest BCUT2D eigenvalue weighted by Crippen LogP contribution is -2.14. The number of benzene rings is 1. The molecule has 1 aromatic rings. The first-order valence-electron chi connectivity index (χ1n) is 4.96. The fourth-order valence-electron chi connectivity index (χ4n) is 1.25. The van der Waals surface area contributed by atoms with Gasteiger partial charge in [-0.15, -0.1) is 0 Å². The van der Waals surface area contributed by atoms with E-state index in [4.69, 9.17) is 26.3 Å².